The minimum absolute atomic E-state index is 0.435. The molecule has 3 aliphatic rings. The van der Waals surface area contributed by atoms with Crippen LogP contribution < -0.4 is 0 Å². The van der Waals surface area contributed by atoms with Crippen LogP contribution in [0.5, 0.6) is 0 Å². The van der Waals surface area contributed by atoms with Crippen molar-refractivity contribution in [1.29, 1.82) is 0 Å². The molecular formula is C19H32. The predicted molar refractivity (Wildman–Crippen MR) is 82.9 cm³/mol. The van der Waals surface area contributed by atoms with Gasteiger partial charge in [-0.15, -0.1) is 0 Å². The summed E-state index contributed by atoms with van der Waals surface area (Å²) in [5.74, 6) is 3.50. The van der Waals surface area contributed by atoms with Gasteiger partial charge in [0.15, 0.2) is 0 Å². The Hall–Kier alpha value is -0.260. The molecule has 0 N–H and O–H groups in total. The fraction of sp³-hybridized carbons (Fsp3) is 0.895. The van der Waals surface area contributed by atoms with Gasteiger partial charge in [0, 0.05) is 0 Å². The van der Waals surface area contributed by atoms with Crippen LogP contribution in [-0.2, 0) is 0 Å². The molecule has 0 aromatic carbocycles. The monoisotopic (exact) mass is 260 g/mol. The lowest BCUT2D eigenvalue weighted by Gasteiger charge is -2.51. The zero-order valence-electron chi connectivity index (χ0n) is 13.8. The molecule has 0 saturated heterocycles. The molecule has 0 heterocycles. The van der Waals surface area contributed by atoms with E-state index in [0.29, 0.717) is 16.2 Å². The Labute approximate surface area is 120 Å². The second-order valence-corrected chi connectivity index (χ2v) is 9.27. The van der Waals surface area contributed by atoms with E-state index in [0.717, 1.165) is 23.7 Å². The van der Waals surface area contributed by atoms with Crippen LogP contribution in [0.2, 0.25) is 0 Å². The van der Waals surface area contributed by atoms with Crippen molar-refractivity contribution in [2.45, 2.75) is 67.2 Å². The number of fused-ring (bicyclic) bond motifs is 1. The van der Waals surface area contributed by atoms with Gasteiger partial charge in [-0.3, -0.25) is 0 Å². The summed E-state index contributed by atoms with van der Waals surface area (Å²) in [7, 11) is 0. The van der Waals surface area contributed by atoms with Crippen LogP contribution >= 0.6 is 0 Å². The summed E-state index contributed by atoms with van der Waals surface area (Å²) in [4.78, 5) is 0. The van der Waals surface area contributed by atoms with Gasteiger partial charge in [-0.05, 0) is 72.5 Å². The van der Waals surface area contributed by atoms with Gasteiger partial charge in [-0.25, -0.2) is 0 Å². The second-order valence-electron chi connectivity index (χ2n) is 9.27. The van der Waals surface area contributed by atoms with E-state index in [4.69, 9.17) is 0 Å². The van der Waals surface area contributed by atoms with E-state index in [9.17, 15) is 0 Å². The first-order valence-corrected chi connectivity index (χ1v) is 8.29. The van der Waals surface area contributed by atoms with Crippen molar-refractivity contribution >= 4 is 0 Å². The van der Waals surface area contributed by atoms with E-state index in [1.807, 2.05) is 0 Å². The lowest BCUT2D eigenvalue weighted by Crippen LogP contribution is -2.43. The molecule has 0 nitrogen and oxygen atoms in total. The molecule has 0 aromatic rings. The Bertz CT molecular complexity index is 414. The first-order valence-electron chi connectivity index (χ1n) is 8.29. The average molecular weight is 260 g/mol. The average Bonchev–Trinajstić information content (AvgIpc) is 2.69. The molecule has 3 rings (SSSR count). The summed E-state index contributed by atoms with van der Waals surface area (Å²) in [6.45, 7) is 19.4. The van der Waals surface area contributed by atoms with Crippen LogP contribution in [0.4, 0.5) is 0 Å². The summed E-state index contributed by atoms with van der Waals surface area (Å²) in [6, 6.07) is 0. The zero-order chi connectivity index (χ0) is 14.2. The fourth-order valence-corrected chi connectivity index (χ4v) is 7.02. The van der Waals surface area contributed by atoms with Gasteiger partial charge < -0.3 is 0 Å². The molecule has 19 heavy (non-hydrogen) atoms. The van der Waals surface area contributed by atoms with Gasteiger partial charge in [0.2, 0.25) is 0 Å². The van der Waals surface area contributed by atoms with E-state index in [2.05, 4.69) is 48.1 Å². The third kappa shape index (κ3) is 1.47. The van der Waals surface area contributed by atoms with Crippen LogP contribution in [0.1, 0.15) is 67.2 Å². The molecule has 108 valence electrons. The van der Waals surface area contributed by atoms with Crippen LogP contribution in [0.25, 0.3) is 0 Å². The van der Waals surface area contributed by atoms with Gasteiger partial charge in [0.05, 0.1) is 0 Å². The Morgan fingerprint density at radius 1 is 0.947 bits per heavy atom. The first-order chi connectivity index (χ1) is 8.64. The van der Waals surface area contributed by atoms with Gasteiger partial charge in [-0.2, -0.15) is 0 Å². The second kappa shape index (κ2) is 3.68. The summed E-state index contributed by atoms with van der Waals surface area (Å²) < 4.78 is 0. The third-order valence-corrected chi connectivity index (χ3v) is 7.92. The van der Waals surface area contributed by atoms with Crippen molar-refractivity contribution in [3.63, 3.8) is 0 Å². The highest BCUT2D eigenvalue weighted by atomic mass is 14.7. The summed E-state index contributed by atoms with van der Waals surface area (Å²) >= 11 is 0. The number of hydrogen-bond donors (Lipinski definition) is 0. The lowest BCUT2D eigenvalue weighted by atomic mass is 9.53. The van der Waals surface area contributed by atoms with Gasteiger partial charge in [0.1, 0.15) is 0 Å². The van der Waals surface area contributed by atoms with E-state index >= 15 is 0 Å². The highest BCUT2D eigenvalue weighted by Crippen LogP contribution is 2.76. The van der Waals surface area contributed by atoms with Crippen molar-refractivity contribution < 1.29 is 0 Å². The standard InChI is InChI=1S/C19H32/c1-12(2)14-10-19-11-16(17(14,4)5)18(6,7)15(19)9-8-13(19)3/h13-16H,1,8-11H2,2-7H3. The molecule has 0 amide bonds. The van der Waals surface area contributed by atoms with Crippen LogP contribution in [0, 0.1) is 39.9 Å². The fourth-order valence-electron chi connectivity index (χ4n) is 7.02. The van der Waals surface area contributed by atoms with E-state index < -0.39 is 0 Å². The maximum atomic E-state index is 4.35. The lowest BCUT2D eigenvalue weighted by molar-refractivity contribution is 0.00131. The van der Waals surface area contributed by atoms with Gasteiger partial charge in [0.25, 0.3) is 0 Å². The molecule has 5 unspecified atom stereocenters. The highest BCUT2D eigenvalue weighted by molar-refractivity contribution is 5.21. The summed E-state index contributed by atoms with van der Waals surface area (Å²) in [6.07, 6.45) is 5.84. The molecule has 2 bridgehead atoms. The minimum Gasteiger partial charge on any atom is -0.0998 e. The Kier molecular flexibility index (Phi) is 2.66. The quantitative estimate of drug-likeness (QED) is 0.531. The van der Waals surface area contributed by atoms with Crippen molar-refractivity contribution in [3.8, 4) is 0 Å². The molecule has 0 heteroatoms. The van der Waals surface area contributed by atoms with Crippen molar-refractivity contribution in [2.24, 2.45) is 39.9 Å². The normalized spacial score (nSPS) is 50.0. The number of allylic oxidation sites excluding steroid dienone is 1. The molecule has 0 radical (unpaired) electrons. The Morgan fingerprint density at radius 3 is 2.16 bits per heavy atom. The molecule has 3 fully saturated rings. The van der Waals surface area contributed by atoms with E-state index in [-0.39, 0.29) is 0 Å². The SMILES string of the molecule is C=C(C)C1CC23CC(C1(C)C)C(C)(C)C2CCC3C. The smallest absolute Gasteiger partial charge is 0.0149 e. The van der Waals surface area contributed by atoms with Crippen molar-refractivity contribution in [2.75, 3.05) is 0 Å². The maximum Gasteiger partial charge on any atom is -0.0149 e. The minimum atomic E-state index is 0.435. The number of hydrogen-bond acceptors (Lipinski definition) is 0. The van der Waals surface area contributed by atoms with Crippen LogP contribution in [0.15, 0.2) is 12.2 Å². The van der Waals surface area contributed by atoms with Crippen LogP contribution in [-0.4, -0.2) is 0 Å². The highest BCUT2D eigenvalue weighted by Gasteiger charge is 2.69. The molecule has 0 aliphatic heterocycles. The molecule has 1 spiro atoms. The Balaban J connectivity index is 2.12. The third-order valence-electron chi connectivity index (χ3n) is 7.92. The van der Waals surface area contributed by atoms with Crippen LogP contribution in [0.3, 0.4) is 0 Å². The Morgan fingerprint density at radius 2 is 1.58 bits per heavy atom. The molecule has 0 aromatic heterocycles. The molecule has 3 aliphatic carbocycles. The molecule has 3 saturated carbocycles. The van der Waals surface area contributed by atoms with E-state index in [1.165, 1.54) is 31.3 Å². The number of rotatable bonds is 1. The van der Waals surface area contributed by atoms with E-state index in [1.54, 1.807) is 0 Å². The zero-order valence-corrected chi connectivity index (χ0v) is 13.8. The largest absolute Gasteiger partial charge is 0.0998 e. The first kappa shape index (κ1) is 13.7. The van der Waals surface area contributed by atoms with Gasteiger partial charge in [-0.1, -0.05) is 46.8 Å². The van der Waals surface area contributed by atoms with Crippen molar-refractivity contribution in [1.82, 2.24) is 0 Å². The topological polar surface area (TPSA) is 0 Å². The molecule has 5 atom stereocenters. The molecular weight excluding hydrogens is 228 g/mol. The summed E-state index contributed by atoms with van der Waals surface area (Å²) in [5.41, 5.74) is 3.04. The predicted octanol–water partition coefficient (Wildman–Crippen LogP) is 5.69. The maximum absolute atomic E-state index is 4.35. The van der Waals surface area contributed by atoms with Crippen molar-refractivity contribution in [3.05, 3.63) is 12.2 Å². The van der Waals surface area contributed by atoms with Gasteiger partial charge >= 0.3 is 0 Å². The summed E-state index contributed by atoms with van der Waals surface area (Å²) in [5, 5.41) is 0.